The third-order valence-electron chi connectivity index (χ3n) is 3.19. The zero-order valence-corrected chi connectivity index (χ0v) is 12.6. The second-order valence-electron chi connectivity index (χ2n) is 5.54. The van der Waals surface area contributed by atoms with E-state index in [-0.39, 0.29) is 5.82 Å². The number of nitrogens with one attached hydrogen (secondary N) is 1. The molecule has 112 valence electrons. The zero-order chi connectivity index (χ0) is 15.1. The van der Waals surface area contributed by atoms with Crippen molar-refractivity contribution >= 4 is 0 Å². The molecule has 21 heavy (non-hydrogen) atoms. The fourth-order valence-electron chi connectivity index (χ4n) is 2.06. The summed E-state index contributed by atoms with van der Waals surface area (Å²) in [5.41, 5.74) is 2.39. The van der Waals surface area contributed by atoms with Crippen molar-refractivity contribution in [1.29, 1.82) is 0 Å². The van der Waals surface area contributed by atoms with Gasteiger partial charge < -0.3 is 10.1 Å². The average molecular weight is 287 g/mol. The SMILES string of the molecule is CC(C)CNCc1ccccc1COc1ccc(F)cc1. The van der Waals surface area contributed by atoms with Crippen LogP contribution in [-0.2, 0) is 13.2 Å². The van der Waals surface area contributed by atoms with E-state index in [1.807, 2.05) is 12.1 Å². The zero-order valence-electron chi connectivity index (χ0n) is 12.6. The Bertz CT molecular complexity index is 551. The van der Waals surface area contributed by atoms with Gasteiger partial charge in [0.15, 0.2) is 0 Å². The van der Waals surface area contributed by atoms with Crippen LogP contribution in [0, 0.1) is 11.7 Å². The van der Waals surface area contributed by atoms with E-state index in [4.69, 9.17) is 4.74 Å². The fraction of sp³-hybridized carbons (Fsp3) is 0.333. The van der Waals surface area contributed by atoms with E-state index in [0.717, 1.165) is 18.7 Å². The first kappa shape index (κ1) is 15.5. The second-order valence-corrected chi connectivity index (χ2v) is 5.54. The first-order valence-electron chi connectivity index (χ1n) is 7.31. The van der Waals surface area contributed by atoms with Crippen molar-refractivity contribution < 1.29 is 9.13 Å². The lowest BCUT2D eigenvalue weighted by Gasteiger charge is -2.13. The van der Waals surface area contributed by atoms with E-state index in [1.54, 1.807) is 12.1 Å². The molecule has 3 heteroatoms. The van der Waals surface area contributed by atoms with Crippen LogP contribution < -0.4 is 10.1 Å². The molecule has 0 heterocycles. The minimum atomic E-state index is -0.249. The van der Waals surface area contributed by atoms with Crippen molar-refractivity contribution in [3.8, 4) is 5.75 Å². The van der Waals surface area contributed by atoms with Crippen LogP contribution in [0.1, 0.15) is 25.0 Å². The summed E-state index contributed by atoms with van der Waals surface area (Å²) in [5, 5.41) is 3.44. The van der Waals surface area contributed by atoms with Crippen molar-refractivity contribution in [2.75, 3.05) is 6.54 Å². The molecule has 0 aliphatic rings. The van der Waals surface area contributed by atoms with Crippen LogP contribution in [0.3, 0.4) is 0 Å². The van der Waals surface area contributed by atoms with Gasteiger partial charge in [-0.05, 0) is 47.9 Å². The molecule has 0 saturated carbocycles. The molecule has 0 spiro atoms. The van der Waals surface area contributed by atoms with Gasteiger partial charge in [-0.1, -0.05) is 38.1 Å². The molecule has 0 atom stereocenters. The Morgan fingerprint density at radius 2 is 1.67 bits per heavy atom. The fourth-order valence-corrected chi connectivity index (χ4v) is 2.06. The molecule has 0 unspecified atom stereocenters. The smallest absolute Gasteiger partial charge is 0.123 e. The summed E-state index contributed by atoms with van der Waals surface area (Å²) in [6, 6.07) is 14.3. The van der Waals surface area contributed by atoms with Gasteiger partial charge >= 0.3 is 0 Å². The highest BCUT2D eigenvalue weighted by Crippen LogP contribution is 2.15. The molecule has 2 aromatic rings. The van der Waals surface area contributed by atoms with Gasteiger partial charge in [0.05, 0.1) is 0 Å². The lowest BCUT2D eigenvalue weighted by atomic mass is 10.1. The van der Waals surface area contributed by atoms with Gasteiger partial charge in [0, 0.05) is 6.54 Å². The third-order valence-corrected chi connectivity index (χ3v) is 3.19. The van der Waals surface area contributed by atoms with Crippen LogP contribution >= 0.6 is 0 Å². The third kappa shape index (κ3) is 5.20. The summed E-state index contributed by atoms with van der Waals surface area (Å²) in [6.45, 7) is 6.70. The summed E-state index contributed by atoms with van der Waals surface area (Å²) in [5.74, 6) is 1.06. The van der Waals surface area contributed by atoms with E-state index in [9.17, 15) is 4.39 Å². The lowest BCUT2D eigenvalue weighted by Crippen LogP contribution is -2.20. The number of halogens is 1. The van der Waals surface area contributed by atoms with Gasteiger partial charge in [0.2, 0.25) is 0 Å². The quantitative estimate of drug-likeness (QED) is 0.826. The van der Waals surface area contributed by atoms with Crippen LogP contribution in [0.4, 0.5) is 4.39 Å². The molecule has 0 radical (unpaired) electrons. The molecule has 0 saturated heterocycles. The van der Waals surface area contributed by atoms with Gasteiger partial charge in [0.1, 0.15) is 18.2 Å². The second kappa shape index (κ2) is 7.79. The maximum atomic E-state index is 12.9. The van der Waals surface area contributed by atoms with E-state index in [0.29, 0.717) is 18.3 Å². The number of ether oxygens (including phenoxy) is 1. The monoisotopic (exact) mass is 287 g/mol. The Balaban J connectivity index is 1.94. The molecule has 0 aliphatic carbocycles. The van der Waals surface area contributed by atoms with E-state index >= 15 is 0 Å². The molecule has 0 bridgehead atoms. The Morgan fingerprint density at radius 3 is 2.33 bits per heavy atom. The van der Waals surface area contributed by atoms with Gasteiger partial charge in [-0.2, -0.15) is 0 Å². The maximum Gasteiger partial charge on any atom is 0.123 e. The predicted molar refractivity (Wildman–Crippen MR) is 83.7 cm³/mol. The largest absolute Gasteiger partial charge is 0.489 e. The van der Waals surface area contributed by atoms with Crippen LogP contribution in [0.15, 0.2) is 48.5 Å². The van der Waals surface area contributed by atoms with Crippen LogP contribution in [0.2, 0.25) is 0 Å². The van der Waals surface area contributed by atoms with Crippen LogP contribution in [-0.4, -0.2) is 6.54 Å². The van der Waals surface area contributed by atoms with E-state index in [1.165, 1.54) is 17.7 Å². The molecule has 1 N–H and O–H groups in total. The molecule has 0 aromatic heterocycles. The standard InChI is InChI=1S/C18H22FNO/c1-14(2)11-20-12-15-5-3-4-6-16(15)13-21-18-9-7-17(19)8-10-18/h3-10,14,20H,11-13H2,1-2H3. The number of hydrogen-bond donors (Lipinski definition) is 1. The molecule has 2 nitrogen and oxygen atoms in total. The van der Waals surface area contributed by atoms with Crippen LogP contribution in [0.5, 0.6) is 5.75 Å². The minimum Gasteiger partial charge on any atom is -0.489 e. The summed E-state index contributed by atoms with van der Waals surface area (Å²) in [6.07, 6.45) is 0. The molecular weight excluding hydrogens is 265 g/mol. The topological polar surface area (TPSA) is 21.3 Å². The molecule has 0 amide bonds. The Hall–Kier alpha value is -1.87. The number of benzene rings is 2. The van der Waals surface area contributed by atoms with Crippen molar-refractivity contribution in [3.63, 3.8) is 0 Å². The number of hydrogen-bond acceptors (Lipinski definition) is 2. The highest BCUT2D eigenvalue weighted by Gasteiger charge is 2.03. The highest BCUT2D eigenvalue weighted by molar-refractivity contribution is 5.28. The van der Waals surface area contributed by atoms with Gasteiger partial charge in [-0.3, -0.25) is 0 Å². The van der Waals surface area contributed by atoms with E-state index in [2.05, 4.69) is 31.3 Å². The van der Waals surface area contributed by atoms with Gasteiger partial charge in [0.25, 0.3) is 0 Å². The Labute approximate surface area is 126 Å². The van der Waals surface area contributed by atoms with Gasteiger partial charge in [-0.15, -0.1) is 0 Å². The first-order chi connectivity index (χ1) is 10.1. The summed E-state index contributed by atoms with van der Waals surface area (Å²) in [7, 11) is 0. The van der Waals surface area contributed by atoms with Crippen molar-refractivity contribution in [1.82, 2.24) is 5.32 Å². The average Bonchev–Trinajstić information content (AvgIpc) is 2.47. The normalized spacial score (nSPS) is 10.9. The highest BCUT2D eigenvalue weighted by atomic mass is 19.1. The maximum absolute atomic E-state index is 12.9. The summed E-state index contributed by atoms with van der Waals surface area (Å²) >= 11 is 0. The van der Waals surface area contributed by atoms with Crippen molar-refractivity contribution in [2.45, 2.75) is 27.0 Å². The van der Waals surface area contributed by atoms with E-state index < -0.39 is 0 Å². The Morgan fingerprint density at radius 1 is 1.00 bits per heavy atom. The molecular formula is C18H22FNO. The van der Waals surface area contributed by atoms with Crippen molar-refractivity contribution in [3.05, 3.63) is 65.5 Å². The van der Waals surface area contributed by atoms with Crippen molar-refractivity contribution in [2.24, 2.45) is 5.92 Å². The minimum absolute atomic E-state index is 0.249. The predicted octanol–water partition coefficient (Wildman–Crippen LogP) is 4.15. The first-order valence-corrected chi connectivity index (χ1v) is 7.31. The lowest BCUT2D eigenvalue weighted by molar-refractivity contribution is 0.304. The molecule has 2 rings (SSSR count). The number of rotatable bonds is 7. The summed E-state index contributed by atoms with van der Waals surface area (Å²) in [4.78, 5) is 0. The Kier molecular flexibility index (Phi) is 5.76. The van der Waals surface area contributed by atoms with Crippen LogP contribution in [0.25, 0.3) is 0 Å². The molecule has 2 aromatic carbocycles. The molecule has 0 aliphatic heterocycles. The van der Waals surface area contributed by atoms with Gasteiger partial charge in [-0.25, -0.2) is 4.39 Å². The molecule has 0 fully saturated rings. The summed E-state index contributed by atoms with van der Waals surface area (Å²) < 4.78 is 18.6.